The zero-order chi connectivity index (χ0) is 36.4. The third-order valence-electron chi connectivity index (χ3n) is 8.94. The molecule has 0 aromatic heterocycles. The minimum atomic E-state index is -0.692. The van der Waals surface area contributed by atoms with E-state index in [1.165, 1.54) is 64.2 Å². The smallest absolute Gasteiger partial charge is 0.306 e. The van der Waals surface area contributed by atoms with Crippen molar-refractivity contribution in [3.05, 3.63) is 72.9 Å². The van der Waals surface area contributed by atoms with Gasteiger partial charge in [-0.2, -0.15) is 0 Å². The average molecular weight is 695 g/mol. The number of carbonyl (C=O) groups excluding carboxylic acids is 1. The third kappa shape index (κ3) is 39.8. The standard InChI is InChI=1S/C46H78O4/c1-3-5-7-9-11-13-14-15-16-17-18-19-20-21-22-23-24-26-31-35-39-43-46(49)50-44(40-36-32-28-25-12-10-8-6-4-2)41-37-33-29-27-30-34-38-42-45(47)48/h5,7,11,13,15-16,18-19,21-22,24,26,44H,3-4,6,8-10,12,14,17,20,23,25,27-43H2,1-2H3,(H,47,48)/b7-5-,13-11-,16-15-,19-18-,22-21-,26-24-. The van der Waals surface area contributed by atoms with E-state index in [2.05, 4.69) is 86.8 Å². The zero-order valence-corrected chi connectivity index (χ0v) is 32.7. The number of esters is 1. The molecule has 0 spiro atoms. The van der Waals surface area contributed by atoms with Crippen LogP contribution in [0.2, 0.25) is 0 Å². The Morgan fingerprint density at radius 2 is 0.840 bits per heavy atom. The third-order valence-corrected chi connectivity index (χ3v) is 8.94. The fourth-order valence-corrected chi connectivity index (χ4v) is 5.89. The van der Waals surface area contributed by atoms with Gasteiger partial charge in [0.25, 0.3) is 0 Å². The summed E-state index contributed by atoms with van der Waals surface area (Å²) >= 11 is 0. The van der Waals surface area contributed by atoms with Gasteiger partial charge in [0.05, 0.1) is 0 Å². The van der Waals surface area contributed by atoms with E-state index in [4.69, 9.17) is 9.84 Å². The largest absolute Gasteiger partial charge is 0.481 e. The van der Waals surface area contributed by atoms with Crippen LogP contribution in [-0.2, 0) is 14.3 Å². The Labute approximate surface area is 309 Å². The predicted octanol–water partition coefficient (Wildman–Crippen LogP) is 14.7. The Balaban J connectivity index is 4.12. The van der Waals surface area contributed by atoms with Crippen LogP contribution >= 0.6 is 0 Å². The van der Waals surface area contributed by atoms with Gasteiger partial charge in [-0.15, -0.1) is 0 Å². The van der Waals surface area contributed by atoms with E-state index in [-0.39, 0.29) is 18.5 Å². The van der Waals surface area contributed by atoms with Crippen LogP contribution in [0.3, 0.4) is 0 Å². The second kappa shape index (κ2) is 40.8. The highest BCUT2D eigenvalue weighted by atomic mass is 16.5. The van der Waals surface area contributed by atoms with Crippen molar-refractivity contribution in [2.24, 2.45) is 0 Å². The maximum Gasteiger partial charge on any atom is 0.306 e. The molecule has 0 aliphatic rings. The highest BCUT2D eigenvalue weighted by Crippen LogP contribution is 2.19. The normalized spacial score (nSPS) is 13.0. The Kier molecular flexibility index (Phi) is 38.7. The first kappa shape index (κ1) is 47.4. The molecule has 286 valence electrons. The van der Waals surface area contributed by atoms with Gasteiger partial charge >= 0.3 is 11.9 Å². The molecule has 0 radical (unpaired) electrons. The Hall–Kier alpha value is -2.62. The van der Waals surface area contributed by atoms with E-state index in [1.54, 1.807) is 0 Å². The van der Waals surface area contributed by atoms with Crippen LogP contribution in [0.4, 0.5) is 0 Å². The van der Waals surface area contributed by atoms with Crippen LogP contribution < -0.4 is 0 Å². The molecule has 0 aliphatic carbocycles. The van der Waals surface area contributed by atoms with Gasteiger partial charge < -0.3 is 9.84 Å². The quantitative estimate of drug-likeness (QED) is 0.0399. The molecule has 50 heavy (non-hydrogen) atoms. The molecule has 0 saturated carbocycles. The van der Waals surface area contributed by atoms with Crippen molar-refractivity contribution >= 4 is 11.9 Å². The minimum absolute atomic E-state index is 0.0212. The molecule has 0 fully saturated rings. The first-order valence-electron chi connectivity index (χ1n) is 20.9. The molecule has 1 N–H and O–H groups in total. The number of rotatable bonds is 37. The van der Waals surface area contributed by atoms with Crippen molar-refractivity contribution < 1.29 is 19.4 Å². The van der Waals surface area contributed by atoms with Crippen LogP contribution in [0.25, 0.3) is 0 Å². The first-order valence-corrected chi connectivity index (χ1v) is 20.9. The molecule has 1 atom stereocenters. The summed E-state index contributed by atoms with van der Waals surface area (Å²) in [6, 6.07) is 0. The topological polar surface area (TPSA) is 63.6 Å². The number of ether oxygens (including phenoxy) is 1. The molecule has 0 bridgehead atoms. The second-order valence-electron chi connectivity index (χ2n) is 13.8. The van der Waals surface area contributed by atoms with Gasteiger partial charge in [0, 0.05) is 12.8 Å². The number of hydrogen-bond acceptors (Lipinski definition) is 3. The SMILES string of the molecule is CC/C=C\C/C=C\C/C=C\C/C=C\C/C=C\C/C=C\CCCCC(=O)OC(CCCCCCCCCCC)CCCCCCCCCC(=O)O. The van der Waals surface area contributed by atoms with Crippen LogP contribution in [0.1, 0.15) is 200 Å². The van der Waals surface area contributed by atoms with E-state index in [1.807, 2.05) is 0 Å². The van der Waals surface area contributed by atoms with Gasteiger partial charge in [0.2, 0.25) is 0 Å². The molecular formula is C46H78O4. The molecular weight excluding hydrogens is 617 g/mol. The molecule has 0 aliphatic heterocycles. The maximum absolute atomic E-state index is 12.7. The fraction of sp³-hybridized carbons (Fsp3) is 0.696. The highest BCUT2D eigenvalue weighted by Gasteiger charge is 2.14. The van der Waals surface area contributed by atoms with Crippen molar-refractivity contribution in [1.82, 2.24) is 0 Å². The lowest BCUT2D eigenvalue weighted by Crippen LogP contribution is -2.18. The molecule has 0 heterocycles. The van der Waals surface area contributed by atoms with Gasteiger partial charge in [0.15, 0.2) is 0 Å². The van der Waals surface area contributed by atoms with Gasteiger partial charge in [-0.1, -0.05) is 170 Å². The predicted molar refractivity (Wildman–Crippen MR) is 218 cm³/mol. The molecule has 4 nitrogen and oxygen atoms in total. The summed E-state index contributed by atoms with van der Waals surface area (Å²) in [6.45, 7) is 4.43. The van der Waals surface area contributed by atoms with Crippen molar-refractivity contribution in [3.8, 4) is 0 Å². The van der Waals surface area contributed by atoms with E-state index >= 15 is 0 Å². The van der Waals surface area contributed by atoms with E-state index < -0.39 is 5.97 Å². The molecule has 4 heteroatoms. The van der Waals surface area contributed by atoms with Crippen molar-refractivity contribution in [1.29, 1.82) is 0 Å². The summed E-state index contributed by atoms with van der Waals surface area (Å²) < 4.78 is 6.01. The second-order valence-corrected chi connectivity index (χ2v) is 13.8. The number of aliphatic carboxylic acids is 1. The number of allylic oxidation sites excluding steroid dienone is 12. The van der Waals surface area contributed by atoms with Gasteiger partial charge in [-0.25, -0.2) is 0 Å². The fourth-order valence-electron chi connectivity index (χ4n) is 5.89. The van der Waals surface area contributed by atoms with Gasteiger partial charge in [-0.3, -0.25) is 9.59 Å². The molecule has 0 saturated heterocycles. The Morgan fingerprint density at radius 1 is 0.460 bits per heavy atom. The summed E-state index contributed by atoms with van der Waals surface area (Å²) in [4.78, 5) is 23.3. The first-order chi connectivity index (χ1) is 24.6. The maximum atomic E-state index is 12.7. The number of carboxylic acid groups (broad SMARTS) is 1. The van der Waals surface area contributed by atoms with E-state index in [9.17, 15) is 9.59 Å². The van der Waals surface area contributed by atoms with Gasteiger partial charge in [-0.05, 0) is 89.9 Å². The average Bonchev–Trinajstić information content (AvgIpc) is 3.10. The number of hydrogen-bond donors (Lipinski definition) is 1. The van der Waals surface area contributed by atoms with E-state index in [0.717, 1.165) is 109 Å². The molecule has 0 aromatic carbocycles. The summed E-state index contributed by atoms with van der Waals surface area (Å²) in [5.74, 6) is -0.713. The van der Waals surface area contributed by atoms with E-state index in [0.29, 0.717) is 6.42 Å². The monoisotopic (exact) mass is 695 g/mol. The van der Waals surface area contributed by atoms with Crippen molar-refractivity contribution in [2.75, 3.05) is 0 Å². The lowest BCUT2D eigenvalue weighted by molar-refractivity contribution is -0.150. The number of carboxylic acids is 1. The molecule has 1 unspecified atom stereocenters. The summed E-state index contributed by atoms with van der Waals surface area (Å²) in [7, 11) is 0. The van der Waals surface area contributed by atoms with Crippen LogP contribution in [0.5, 0.6) is 0 Å². The number of unbranched alkanes of at least 4 members (excludes halogenated alkanes) is 16. The minimum Gasteiger partial charge on any atom is -0.481 e. The molecule has 0 aromatic rings. The van der Waals surface area contributed by atoms with Gasteiger partial charge in [0.1, 0.15) is 6.10 Å². The van der Waals surface area contributed by atoms with Crippen LogP contribution in [-0.4, -0.2) is 23.1 Å². The highest BCUT2D eigenvalue weighted by molar-refractivity contribution is 5.69. The lowest BCUT2D eigenvalue weighted by atomic mass is 10.0. The van der Waals surface area contributed by atoms with Crippen LogP contribution in [0.15, 0.2) is 72.9 Å². The van der Waals surface area contributed by atoms with Crippen LogP contribution in [0, 0.1) is 0 Å². The summed E-state index contributed by atoms with van der Waals surface area (Å²) in [5, 5.41) is 8.77. The van der Waals surface area contributed by atoms with Crippen molar-refractivity contribution in [3.63, 3.8) is 0 Å². The van der Waals surface area contributed by atoms with Crippen molar-refractivity contribution in [2.45, 2.75) is 206 Å². The zero-order valence-electron chi connectivity index (χ0n) is 32.7. The number of carbonyl (C=O) groups is 2. The molecule has 0 rings (SSSR count). The summed E-state index contributed by atoms with van der Waals surface area (Å²) in [6.07, 6.45) is 57.8. The lowest BCUT2D eigenvalue weighted by Gasteiger charge is -2.18. The Morgan fingerprint density at radius 3 is 1.28 bits per heavy atom. The molecule has 0 amide bonds. The Bertz CT molecular complexity index is 922. The summed E-state index contributed by atoms with van der Waals surface area (Å²) in [5.41, 5.74) is 0.